The summed E-state index contributed by atoms with van der Waals surface area (Å²) in [5.74, 6) is 0. The number of aromatic nitrogens is 1. The van der Waals surface area contributed by atoms with E-state index in [0.717, 1.165) is 16.5 Å². The normalized spacial score (nSPS) is 11.2. The number of ether oxygens (including phenoxy) is 1. The van der Waals surface area contributed by atoms with Gasteiger partial charge in [0.15, 0.2) is 0 Å². The first-order valence-electron chi connectivity index (χ1n) is 6.67. The van der Waals surface area contributed by atoms with Crippen LogP contribution in [0.4, 0.5) is 4.79 Å². The molecule has 6 nitrogen and oxygen atoms in total. The molecule has 0 unspecified atom stereocenters. The fourth-order valence-electron chi connectivity index (χ4n) is 2.14. The summed E-state index contributed by atoms with van der Waals surface area (Å²) in [4.78, 5) is 15.2. The highest BCUT2D eigenvalue weighted by Crippen LogP contribution is 2.23. The average molecular weight is 286 g/mol. The summed E-state index contributed by atoms with van der Waals surface area (Å²) in [7, 11) is 0. The number of rotatable bonds is 2. The third-order valence-electron chi connectivity index (χ3n) is 2.91. The molecule has 0 aliphatic carbocycles. The SMILES string of the molecule is Cc1ccc2c(c1)cc(CN=[N+]=[N-])n2C(=O)OC(C)(C)C. The van der Waals surface area contributed by atoms with Crippen molar-refractivity contribution in [1.82, 2.24) is 4.57 Å². The van der Waals surface area contributed by atoms with Gasteiger partial charge in [0.05, 0.1) is 12.1 Å². The van der Waals surface area contributed by atoms with Crippen LogP contribution >= 0.6 is 0 Å². The van der Waals surface area contributed by atoms with Crippen molar-refractivity contribution >= 4 is 17.0 Å². The summed E-state index contributed by atoms with van der Waals surface area (Å²) in [6.45, 7) is 7.52. The zero-order valence-corrected chi connectivity index (χ0v) is 12.6. The van der Waals surface area contributed by atoms with Gasteiger partial charge < -0.3 is 4.74 Å². The highest BCUT2D eigenvalue weighted by molar-refractivity contribution is 5.91. The second-order valence-electron chi connectivity index (χ2n) is 5.90. The standard InChI is InChI=1S/C15H18N4O2/c1-10-5-6-13-11(7-10)8-12(9-17-18-16)19(13)14(20)21-15(2,3)4/h5-8H,9H2,1-4H3. The maximum absolute atomic E-state index is 12.4. The van der Waals surface area contributed by atoms with Crippen LogP contribution in [0.25, 0.3) is 21.3 Å². The molecule has 0 saturated heterocycles. The van der Waals surface area contributed by atoms with E-state index in [1.807, 2.05) is 52.0 Å². The Bertz CT molecular complexity index is 734. The van der Waals surface area contributed by atoms with Crippen LogP contribution in [-0.4, -0.2) is 16.3 Å². The maximum atomic E-state index is 12.4. The number of aryl methyl sites for hydroxylation is 1. The Balaban J connectivity index is 2.57. The van der Waals surface area contributed by atoms with E-state index in [9.17, 15) is 4.79 Å². The van der Waals surface area contributed by atoms with Crippen molar-refractivity contribution < 1.29 is 9.53 Å². The van der Waals surface area contributed by atoms with Crippen molar-refractivity contribution in [1.29, 1.82) is 0 Å². The first-order chi connectivity index (χ1) is 9.81. The molecule has 110 valence electrons. The molecule has 0 bridgehead atoms. The Morgan fingerprint density at radius 3 is 2.71 bits per heavy atom. The summed E-state index contributed by atoms with van der Waals surface area (Å²) in [5, 5.41) is 4.47. The molecule has 1 aromatic heterocycles. The fraction of sp³-hybridized carbons (Fsp3) is 0.400. The van der Waals surface area contributed by atoms with E-state index in [2.05, 4.69) is 10.0 Å². The highest BCUT2D eigenvalue weighted by atomic mass is 16.6. The van der Waals surface area contributed by atoms with Gasteiger partial charge in [-0.1, -0.05) is 16.7 Å². The zero-order chi connectivity index (χ0) is 15.6. The summed E-state index contributed by atoms with van der Waals surface area (Å²) in [6.07, 6.45) is -0.468. The molecule has 1 aromatic carbocycles. The lowest BCUT2D eigenvalue weighted by Gasteiger charge is -2.20. The van der Waals surface area contributed by atoms with Gasteiger partial charge in [-0.25, -0.2) is 9.36 Å². The molecule has 2 aromatic rings. The number of fused-ring (bicyclic) bond motifs is 1. The maximum Gasteiger partial charge on any atom is 0.419 e. The molecule has 0 atom stereocenters. The first-order valence-corrected chi connectivity index (χ1v) is 6.67. The van der Waals surface area contributed by atoms with Crippen LogP contribution in [0.5, 0.6) is 0 Å². The molecule has 0 radical (unpaired) electrons. The third kappa shape index (κ3) is 3.35. The van der Waals surface area contributed by atoms with Crippen LogP contribution in [0.2, 0.25) is 0 Å². The Morgan fingerprint density at radius 1 is 1.38 bits per heavy atom. The van der Waals surface area contributed by atoms with Crippen LogP contribution in [-0.2, 0) is 11.3 Å². The number of benzene rings is 1. The van der Waals surface area contributed by atoms with Crippen molar-refractivity contribution in [3.05, 3.63) is 46.0 Å². The van der Waals surface area contributed by atoms with E-state index in [-0.39, 0.29) is 6.54 Å². The summed E-state index contributed by atoms with van der Waals surface area (Å²) < 4.78 is 6.90. The number of nitrogens with zero attached hydrogens (tertiary/aromatic N) is 4. The van der Waals surface area contributed by atoms with Gasteiger partial charge in [-0.15, -0.1) is 0 Å². The molecule has 2 rings (SSSR count). The van der Waals surface area contributed by atoms with E-state index in [1.54, 1.807) is 0 Å². The molecule has 0 spiro atoms. The molecule has 0 fully saturated rings. The topological polar surface area (TPSA) is 80.0 Å². The van der Waals surface area contributed by atoms with Crippen molar-refractivity contribution in [3.63, 3.8) is 0 Å². The lowest BCUT2D eigenvalue weighted by molar-refractivity contribution is 0.0540. The number of hydrogen-bond donors (Lipinski definition) is 0. The quantitative estimate of drug-likeness (QED) is 0.461. The number of carbonyl (C=O) groups is 1. The number of carbonyl (C=O) groups excluding carboxylic acids is 1. The summed E-state index contributed by atoms with van der Waals surface area (Å²) in [6, 6.07) is 7.63. The molecule has 0 N–H and O–H groups in total. The highest BCUT2D eigenvalue weighted by Gasteiger charge is 2.21. The molecule has 0 saturated carbocycles. The molecular formula is C15H18N4O2. The van der Waals surface area contributed by atoms with E-state index in [0.29, 0.717) is 5.69 Å². The lowest BCUT2D eigenvalue weighted by atomic mass is 10.2. The zero-order valence-electron chi connectivity index (χ0n) is 12.6. The van der Waals surface area contributed by atoms with E-state index in [1.165, 1.54) is 4.57 Å². The van der Waals surface area contributed by atoms with Crippen molar-refractivity contribution in [3.8, 4) is 0 Å². The van der Waals surface area contributed by atoms with Gasteiger partial charge in [-0.3, -0.25) is 0 Å². The second kappa shape index (κ2) is 5.50. The van der Waals surface area contributed by atoms with Crippen LogP contribution < -0.4 is 0 Å². The van der Waals surface area contributed by atoms with Crippen LogP contribution in [0, 0.1) is 6.92 Å². The minimum absolute atomic E-state index is 0.101. The van der Waals surface area contributed by atoms with Crippen LogP contribution in [0.1, 0.15) is 32.0 Å². The molecule has 0 aliphatic rings. The van der Waals surface area contributed by atoms with Crippen molar-refractivity contribution in [2.75, 3.05) is 0 Å². The molecule has 0 aliphatic heterocycles. The minimum atomic E-state index is -0.589. The predicted octanol–water partition coefficient (Wildman–Crippen LogP) is 4.54. The Morgan fingerprint density at radius 2 is 2.10 bits per heavy atom. The summed E-state index contributed by atoms with van der Waals surface area (Å²) in [5.41, 5.74) is 10.4. The second-order valence-corrected chi connectivity index (χ2v) is 5.90. The monoisotopic (exact) mass is 286 g/mol. The van der Waals surface area contributed by atoms with E-state index in [4.69, 9.17) is 10.3 Å². The van der Waals surface area contributed by atoms with Gasteiger partial charge in [0, 0.05) is 16.0 Å². The predicted molar refractivity (Wildman–Crippen MR) is 81.2 cm³/mol. The van der Waals surface area contributed by atoms with Gasteiger partial charge in [0.2, 0.25) is 0 Å². The number of azide groups is 1. The van der Waals surface area contributed by atoms with Gasteiger partial charge in [0.1, 0.15) is 5.60 Å². The third-order valence-corrected chi connectivity index (χ3v) is 2.91. The van der Waals surface area contributed by atoms with E-state index >= 15 is 0 Å². The fourth-order valence-corrected chi connectivity index (χ4v) is 2.14. The molecular weight excluding hydrogens is 268 g/mol. The minimum Gasteiger partial charge on any atom is -0.443 e. The first kappa shape index (κ1) is 14.9. The molecule has 1 heterocycles. The van der Waals surface area contributed by atoms with Crippen LogP contribution in [0.15, 0.2) is 29.4 Å². The van der Waals surface area contributed by atoms with Crippen LogP contribution in [0.3, 0.4) is 0 Å². The van der Waals surface area contributed by atoms with Gasteiger partial charge in [-0.05, 0) is 51.4 Å². The summed E-state index contributed by atoms with van der Waals surface area (Å²) >= 11 is 0. The molecule has 21 heavy (non-hydrogen) atoms. The number of hydrogen-bond acceptors (Lipinski definition) is 3. The Kier molecular flexibility index (Phi) is 3.91. The smallest absolute Gasteiger partial charge is 0.419 e. The van der Waals surface area contributed by atoms with Crippen molar-refractivity contribution in [2.24, 2.45) is 5.11 Å². The van der Waals surface area contributed by atoms with Gasteiger partial charge in [0.25, 0.3) is 0 Å². The molecule has 6 heteroatoms. The largest absolute Gasteiger partial charge is 0.443 e. The lowest BCUT2D eigenvalue weighted by Crippen LogP contribution is -2.27. The average Bonchev–Trinajstić information content (AvgIpc) is 2.71. The Labute approximate surface area is 122 Å². The van der Waals surface area contributed by atoms with Gasteiger partial charge in [-0.2, -0.15) is 0 Å². The Hall–Kier alpha value is -2.46. The van der Waals surface area contributed by atoms with Gasteiger partial charge >= 0.3 is 6.09 Å². The molecule has 0 amide bonds. The van der Waals surface area contributed by atoms with E-state index < -0.39 is 11.7 Å². The van der Waals surface area contributed by atoms with Crippen molar-refractivity contribution in [2.45, 2.75) is 39.8 Å².